The van der Waals surface area contributed by atoms with Crippen LogP contribution in [0.15, 0.2) is 17.9 Å². The van der Waals surface area contributed by atoms with Crippen LogP contribution in [0.3, 0.4) is 0 Å². The van der Waals surface area contributed by atoms with Crippen LogP contribution >= 0.6 is 0 Å². The highest BCUT2D eigenvalue weighted by molar-refractivity contribution is 5.59. The Morgan fingerprint density at radius 1 is 1.62 bits per heavy atom. The van der Waals surface area contributed by atoms with E-state index in [4.69, 9.17) is 0 Å². The van der Waals surface area contributed by atoms with E-state index in [1.807, 2.05) is 6.21 Å². The van der Waals surface area contributed by atoms with Crippen LogP contribution in [0, 0.1) is 5.92 Å². The first-order valence-electron chi connectivity index (χ1n) is 2.67. The van der Waals surface area contributed by atoms with Gasteiger partial charge < -0.3 is 0 Å². The van der Waals surface area contributed by atoms with Crippen LogP contribution in [-0.2, 0) is 0 Å². The minimum Gasteiger partial charge on any atom is -0.287 e. The Hall–Kier alpha value is -0.790. The first-order chi connectivity index (χ1) is 3.77. The first kappa shape index (κ1) is 7.21. The number of hydrazone groups is 1. The molecule has 0 aromatic heterocycles. The van der Waals surface area contributed by atoms with E-state index in [0.29, 0.717) is 5.92 Å². The van der Waals surface area contributed by atoms with Gasteiger partial charge in [0.05, 0.1) is 0 Å². The molecular formula is C6H12N2. The highest BCUT2D eigenvalue weighted by atomic mass is 15.3. The van der Waals surface area contributed by atoms with Crippen molar-refractivity contribution < 1.29 is 0 Å². The Labute approximate surface area is 50.3 Å². The lowest BCUT2D eigenvalue weighted by atomic mass is 10.3. The van der Waals surface area contributed by atoms with Crippen molar-refractivity contribution in [3.8, 4) is 0 Å². The lowest BCUT2D eigenvalue weighted by molar-refractivity contribution is 0.873. The van der Waals surface area contributed by atoms with Crippen molar-refractivity contribution in [3.63, 3.8) is 0 Å². The fourth-order valence-electron chi connectivity index (χ4n) is 0.245. The number of hydrogen-bond donors (Lipinski definition) is 1. The Bertz CT molecular complexity index is 84.5. The lowest BCUT2D eigenvalue weighted by Gasteiger charge is -1.90. The Morgan fingerprint density at radius 3 is 2.62 bits per heavy atom. The average molecular weight is 112 g/mol. The smallest absolute Gasteiger partial charge is 0.0272 e. The third-order valence-corrected chi connectivity index (χ3v) is 0.539. The topological polar surface area (TPSA) is 24.4 Å². The van der Waals surface area contributed by atoms with Gasteiger partial charge in [-0.05, 0) is 5.92 Å². The summed E-state index contributed by atoms with van der Waals surface area (Å²) in [6.45, 7) is 7.56. The van der Waals surface area contributed by atoms with Crippen LogP contribution in [0.5, 0.6) is 0 Å². The Balaban J connectivity index is 3.19. The predicted molar refractivity (Wildman–Crippen MR) is 36.7 cm³/mol. The van der Waals surface area contributed by atoms with Crippen molar-refractivity contribution in [2.45, 2.75) is 13.8 Å². The molecule has 0 saturated heterocycles. The molecule has 0 unspecified atom stereocenters. The number of nitrogens with zero attached hydrogens (tertiary/aromatic N) is 1. The van der Waals surface area contributed by atoms with Gasteiger partial charge in [-0.2, -0.15) is 5.10 Å². The van der Waals surface area contributed by atoms with E-state index in [9.17, 15) is 0 Å². The molecule has 0 saturated carbocycles. The largest absolute Gasteiger partial charge is 0.287 e. The molecule has 0 fully saturated rings. The molecule has 0 spiro atoms. The molecule has 0 aliphatic heterocycles. The molecule has 46 valence electrons. The number of rotatable bonds is 3. The van der Waals surface area contributed by atoms with Gasteiger partial charge in [0, 0.05) is 12.4 Å². The van der Waals surface area contributed by atoms with Crippen molar-refractivity contribution in [2.75, 3.05) is 0 Å². The molecule has 0 aliphatic carbocycles. The molecule has 0 heterocycles. The van der Waals surface area contributed by atoms with Crippen LogP contribution < -0.4 is 5.43 Å². The molecule has 0 radical (unpaired) electrons. The molecule has 0 bridgehead atoms. The van der Waals surface area contributed by atoms with Crippen LogP contribution in [0.1, 0.15) is 13.8 Å². The fourth-order valence-corrected chi connectivity index (χ4v) is 0.245. The monoisotopic (exact) mass is 112 g/mol. The maximum Gasteiger partial charge on any atom is 0.0272 e. The van der Waals surface area contributed by atoms with Gasteiger partial charge in [0.1, 0.15) is 0 Å². The maximum absolute atomic E-state index is 3.80. The SMILES string of the molecule is C=CN/N=C\C(C)C. The van der Waals surface area contributed by atoms with E-state index in [0.717, 1.165) is 0 Å². The summed E-state index contributed by atoms with van der Waals surface area (Å²) in [7, 11) is 0. The molecule has 2 nitrogen and oxygen atoms in total. The summed E-state index contributed by atoms with van der Waals surface area (Å²) in [6.07, 6.45) is 3.36. The van der Waals surface area contributed by atoms with Crippen LogP contribution in [0.2, 0.25) is 0 Å². The summed E-state index contributed by atoms with van der Waals surface area (Å²) in [5.74, 6) is 0.502. The normalized spacial score (nSPS) is 10.4. The van der Waals surface area contributed by atoms with Crippen molar-refractivity contribution in [1.29, 1.82) is 0 Å². The van der Waals surface area contributed by atoms with Gasteiger partial charge >= 0.3 is 0 Å². The third kappa shape index (κ3) is 5.21. The number of nitrogens with one attached hydrogen (secondary N) is 1. The standard InChI is InChI=1S/C6H12N2/c1-4-7-8-5-6(2)3/h4-7H,1H2,2-3H3/b8-5-. The average Bonchev–Trinajstić information content (AvgIpc) is 1.66. The molecule has 2 heteroatoms. The predicted octanol–water partition coefficient (Wildman–Crippen LogP) is 1.36. The molecule has 0 aromatic rings. The highest BCUT2D eigenvalue weighted by Gasteiger charge is 1.80. The Morgan fingerprint density at radius 2 is 2.25 bits per heavy atom. The van der Waals surface area contributed by atoms with E-state index in [-0.39, 0.29) is 0 Å². The molecule has 0 rings (SSSR count). The van der Waals surface area contributed by atoms with Crippen LogP contribution in [-0.4, -0.2) is 6.21 Å². The van der Waals surface area contributed by atoms with Crippen molar-refractivity contribution in [3.05, 3.63) is 12.8 Å². The molecule has 8 heavy (non-hydrogen) atoms. The van der Waals surface area contributed by atoms with Gasteiger partial charge in [-0.1, -0.05) is 20.4 Å². The molecular weight excluding hydrogens is 100 g/mol. The highest BCUT2D eigenvalue weighted by Crippen LogP contribution is 1.82. The van der Waals surface area contributed by atoms with Crippen LogP contribution in [0.4, 0.5) is 0 Å². The lowest BCUT2D eigenvalue weighted by Crippen LogP contribution is -1.95. The van der Waals surface area contributed by atoms with Gasteiger partial charge in [-0.3, -0.25) is 5.43 Å². The summed E-state index contributed by atoms with van der Waals surface area (Å²) in [5, 5.41) is 3.80. The van der Waals surface area contributed by atoms with Gasteiger partial charge in [0.25, 0.3) is 0 Å². The summed E-state index contributed by atoms with van der Waals surface area (Å²) in [5.41, 5.74) is 2.61. The maximum atomic E-state index is 3.80. The third-order valence-electron chi connectivity index (χ3n) is 0.539. The van der Waals surface area contributed by atoms with Crippen molar-refractivity contribution in [1.82, 2.24) is 5.43 Å². The second-order valence-corrected chi connectivity index (χ2v) is 1.86. The summed E-state index contributed by atoms with van der Waals surface area (Å²) >= 11 is 0. The zero-order chi connectivity index (χ0) is 6.41. The Kier molecular flexibility index (Phi) is 3.94. The van der Waals surface area contributed by atoms with Gasteiger partial charge in [0.2, 0.25) is 0 Å². The summed E-state index contributed by atoms with van der Waals surface area (Å²) in [6, 6.07) is 0. The molecule has 0 atom stereocenters. The second kappa shape index (κ2) is 4.37. The molecule has 1 N–H and O–H groups in total. The van der Waals surface area contributed by atoms with Gasteiger partial charge in [-0.25, -0.2) is 0 Å². The van der Waals surface area contributed by atoms with Crippen molar-refractivity contribution >= 4 is 6.21 Å². The summed E-state index contributed by atoms with van der Waals surface area (Å²) < 4.78 is 0. The van der Waals surface area contributed by atoms with E-state index >= 15 is 0 Å². The van der Waals surface area contributed by atoms with E-state index in [1.165, 1.54) is 0 Å². The minimum atomic E-state index is 0.502. The zero-order valence-corrected chi connectivity index (χ0v) is 5.39. The van der Waals surface area contributed by atoms with E-state index < -0.39 is 0 Å². The molecule has 0 aliphatic rings. The molecule has 0 aromatic carbocycles. The second-order valence-electron chi connectivity index (χ2n) is 1.86. The quantitative estimate of drug-likeness (QED) is 0.432. The van der Waals surface area contributed by atoms with Crippen molar-refractivity contribution in [2.24, 2.45) is 11.0 Å². The van der Waals surface area contributed by atoms with Gasteiger partial charge in [0.15, 0.2) is 0 Å². The zero-order valence-electron chi connectivity index (χ0n) is 5.39. The number of hydrogen-bond acceptors (Lipinski definition) is 2. The van der Waals surface area contributed by atoms with Gasteiger partial charge in [-0.15, -0.1) is 0 Å². The first-order valence-corrected chi connectivity index (χ1v) is 2.67. The van der Waals surface area contributed by atoms with Crippen LogP contribution in [0.25, 0.3) is 0 Å². The molecule has 0 amide bonds. The van der Waals surface area contributed by atoms with E-state index in [1.54, 1.807) is 6.20 Å². The minimum absolute atomic E-state index is 0.502. The summed E-state index contributed by atoms with van der Waals surface area (Å²) in [4.78, 5) is 0. The van der Waals surface area contributed by atoms with E-state index in [2.05, 4.69) is 31.0 Å². The fraction of sp³-hybridized carbons (Fsp3) is 0.500.